The number of thioether (sulfide) groups is 1. The molecule has 0 saturated carbocycles. The van der Waals surface area contributed by atoms with Crippen molar-refractivity contribution in [3.8, 4) is 0 Å². The van der Waals surface area contributed by atoms with E-state index in [1.54, 1.807) is 0 Å². The molecule has 0 fully saturated rings. The average molecular weight is 120 g/mol. The van der Waals surface area contributed by atoms with Crippen LogP contribution in [0, 0.1) is 5.75 Å². The molecule has 0 unspecified atom stereocenters. The van der Waals surface area contributed by atoms with Crippen LogP contribution in [0.3, 0.4) is 0 Å². The second-order valence-electron chi connectivity index (χ2n) is 0.816. The lowest BCUT2D eigenvalue weighted by Gasteiger charge is -1.72. The van der Waals surface area contributed by atoms with Gasteiger partial charge in [-0.15, -0.1) is 0 Å². The molecule has 0 aromatic heterocycles. The maximum absolute atomic E-state index is 5.36. The molecule has 0 N–H and O–H groups in total. The molecule has 3 heteroatoms. The summed E-state index contributed by atoms with van der Waals surface area (Å²) in [6, 6.07) is 0. The van der Waals surface area contributed by atoms with Crippen LogP contribution in [0.15, 0.2) is 4.99 Å². The van der Waals surface area contributed by atoms with Crippen molar-refractivity contribution in [2.45, 2.75) is 0 Å². The van der Waals surface area contributed by atoms with E-state index in [0.29, 0.717) is 11.0 Å². The van der Waals surface area contributed by atoms with Gasteiger partial charge in [0, 0.05) is 0 Å². The van der Waals surface area contributed by atoms with Gasteiger partial charge < -0.3 is 0 Å². The minimum atomic E-state index is 0.606. The molecule has 0 aromatic carbocycles. The minimum absolute atomic E-state index is 0.606. The summed E-state index contributed by atoms with van der Waals surface area (Å²) in [5, 5.41) is 0. The van der Waals surface area contributed by atoms with Gasteiger partial charge in [-0.1, -0.05) is 23.4 Å². The predicted octanol–water partition coefficient (Wildman–Crippen LogP) is 1.37. The zero-order valence-corrected chi connectivity index (χ0v) is 4.51. The fraction of sp³-hybridized carbons (Fsp3) is 0.333. The Labute approximate surface area is 45.8 Å². The lowest BCUT2D eigenvalue weighted by molar-refractivity contribution is 1.26. The molecule has 0 spiro atoms. The van der Waals surface area contributed by atoms with Gasteiger partial charge in [0.25, 0.3) is 0 Å². The van der Waals surface area contributed by atoms with Gasteiger partial charge in [-0.2, -0.15) is 0 Å². The third kappa shape index (κ3) is 0.884. The first-order valence-electron chi connectivity index (χ1n) is 1.49. The van der Waals surface area contributed by atoms with Crippen LogP contribution in [0.4, 0.5) is 0 Å². The lowest BCUT2D eigenvalue weighted by atomic mass is 10.8. The predicted molar refractivity (Wildman–Crippen MR) is 29.0 cm³/mol. The van der Waals surface area contributed by atoms with Crippen molar-refractivity contribution in [3.05, 3.63) is 5.75 Å². The Morgan fingerprint density at radius 2 is 2.83 bits per heavy atom. The Morgan fingerprint density at radius 3 is 3.00 bits per heavy atom. The lowest BCUT2D eigenvalue weighted by Crippen LogP contribution is -1.61. The van der Waals surface area contributed by atoms with E-state index in [-0.39, 0.29) is 0 Å². The Morgan fingerprint density at radius 1 is 2.00 bits per heavy atom. The Hall–Kier alpha value is 0.310. The summed E-state index contributed by atoms with van der Waals surface area (Å²) in [5.74, 6) is 2.85. The molecule has 0 amide bonds. The standard InChI is InChI=1S/C3H2ClNS/c4-3-5-1-2-6-3/h1H2. The Bertz CT molecular complexity index is 80.9. The van der Waals surface area contributed by atoms with E-state index >= 15 is 0 Å². The van der Waals surface area contributed by atoms with Crippen molar-refractivity contribution < 1.29 is 0 Å². The molecular weight excluding hydrogens is 118 g/mol. The fourth-order valence-electron chi connectivity index (χ4n) is 0.219. The monoisotopic (exact) mass is 119 g/mol. The van der Waals surface area contributed by atoms with Crippen molar-refractivity contribution in [3.63, 3.8) is 0 Å². The zero-order chi connectivity index (χ0) is 4.41. The molecule has 0 saturated heterocycles. The average Bonchev–Trinajstić information content (AvgIpc) is 1.86. The Kier molecular flexibility index (Phi) is 1.37. The quantitative estimate of drug-likeness (QED) is 0.469. The van der Waals surface area contributed by atoms with E-state index in [9.17, 15) is 0 Å². The van der Waals surface area contributed by atoms with Gasteiger partial charge in [0.1, 0.15) is 0 Å². The molecule has 0 aliphatic carbocycles. The van der Waals surface area contributed by atoms with Crippen molar-refractivity contribution in [2.24, 2.45) is 4.99 Å². The summed E-state index contributed by atoms with van der Waals surface area (Å²) >= 11 is 6.73. The minimum Gasteiger partial charge on any atom is -0.266 e. The summed E-state index contributed by atoms with van der Waals surface area (Å²) in [5.41, 5.74) is 0. The van der Waals surface area contributed by atoms with Gasteiger partial charge in [0.15, 0.2) is 4.50 Å². The summed E-state index contributed by atoms with van der Waals surface area (Å²) in [6.07, 6.45) is 0. The van der Waals surface area contributed by atoms with Gasteiger partial charge >= 0.3 is 0 Å². The molecule has 32 valence electrons. The zero-order valence-electron chi connectivity index (χ0n) is 2.94. The van der Waals surface area contributed by atoms with Gasteiger partial charge in [-0.05, 0) is 0 Å². The number of nitrogens with zero attached hydrogens (tertiary/aromatic N) is 1. The SMILES string of the molecule is ClC1=NC[C]S1. The Balaban J connectivity index is 2.45. The summed E-state index contributed by atoms with van der Waals surface area (Å²) < 4.78 is 0.606. The molecule has 0 aromatic rings. The van der Waals surface area contributed by atoms with Gasteiger partial charge in [-0.3, -0.25) is 4.99 Å². The van der Waals surface area contributed by atoms with Crippen LogP contribution < -0.4 is 0 Å². The molecule has 6 heavy (non-hydrogen) atoms. The first kappa shape index (κ1) is 4.47. The van der Waals surface area contributed by atoms with Crippen LogP contribution in [0.5, 0.6) is 0 Å². The van der Waals surface area contributed by atoms with E-state index < -0.39 is 0 Å². The van der Waals surface area contributed by atoms with Crippen molar-refractivity contribution in [1.82, 2.24) is 0 Å². The highest BCUT2D eigenvalue weighted by molar-refractivity contribution is 8.18. The van der Waals surface area contributed by atoms with E-state index in [0.717, 1.165) is 0 Å². The molecule has 1 nitrogen and oxygen atoms in total. The second-order valence-corrected chi connectivity index (χ2v) is 2.28. The van der Waals surface area contributed by atoms with E-state index in [4.69, 9.17) is 11.6 Å². The summed E-state index contributed by atoms with van der Waals surface area (Å²) in [7, 11) is 0. The number of hydrogen-bond donors (Lipinski definition) is 0. The number of halogens is 1. The molecule has 1 aliphatic heterocycles. The highest BCUT2D eigenvalue weighted by Gasteiger charge is 2.01. The van der Waals surface area contributed by atoms with Gasteiger partial charge in [-0.25, -0.2) is 0 Å². The van der Waals surface area contributed by atoms with Crippen molar-refractivity contribution >= 4 is 27.9 Å². The summed E-state index contributed by atoms with van der Waals surface area (Å²) in [6.45, 7) is 0.656. The van der Waals surface area contributed by atoms with Crippen LogP contribution in [0.2, 0.25) is 0 Å². The second kappa shape index (κ2) is 1.85. The van der Waals surface area contributed by atoms with Gasteiger partial charge in [0.2, 0.25) is 0 Å². The third-order valence-electron chi connectivity index (χ3n) is 0.424. The normalized spacial score (nSPS) is 21.2. The maximum atomic E-state index is 5.36. The molecule has 1 rings (SSSR count). The van der Waals surface area contributed by atoms with Crippen LogP contribution >= 0.6 is 23.4 Å². The molecule has 1 aliphatic rings. The maximum Gasteiger partial charge on any atom is 0.158 e. The smallest absolute Gasteiger partial charge is 0.158 e. The largest absolute Gasteiger partial charge is 0.266 e. The number of rotatable bonds is 0. The third-order valence-corrected chi connectivity index (χ3v) is 1.35. The topological polar surface area (TPSA) is 12.4 Å². The number of aliphatic imine (C=N–C) groups is 1. The highest BCUT2D eigenvalue weighted by atomic mass is 35.5. The summed E-state index contributed by atoms with van der Waals surface area (Å²) in [4.78, 5) is 3.77. The highest BCUT2D eigenvalue weighted by Crippen LogP contribution is 2.17. The van der Waals surface area contributed by atoms with Gasteiger partial charge in [0.05, 0.1) is 12.3 Å². The van der Waals surface area contributed by atoms with Crippen LogP contribution in [0.25, 0.3) is 0 Å². The van der Waals surface area contributed by atoms with Crippen molar-refractivity contribution in [2.75, 3.05) is 6.54 Å². The van der Waals surface area contributed by atoms with E-state index in [1.807, 2.05) is 0 Å². The van der Waals surface area contributed by atoms with E-state index in [2.05, 4.69) is 10.7 Å². The molecular formula is C3H2ClNS. The first-order chi connectivity index (χ1) is 2.89. The molecule has 0 atom stereocenters. The number of hydrogen-bond acceptors (Lipinski definition) is 2. The molecule has 2 radical (unpaired) electrons. The van der Waals surface area contributed by atoms with Crippen LogP contribution in [0.1, 0.15) is 0 Å². The van der Waals surface area contributed by atoms with Crippen LogP contribution in [-0.2, 0) is 0 Å². The first-order valence-corrected chi connectivity index (χ1v) is 2.69. The molecule has 1 heterocycles. The van der Waals surface area contributed by atoms with Crippen molar-refractivity contribution in [1.29, 1.82) is 0 Å². The van der Waals surface area contributed by atoms with Crippen LogP contribution in [-0.4, -0.2) is 11.0 Å². The molecule has 0 bridgehead atoms. The fourth-order valence-corrected chi connectivity index (χ4v) is 0.819. The van der Waals surface area contributed by atoms with E-state index in [1.165, 1.54) is 11.8 Å².